The van der Waals surface area contributed by atoms with Gasteiger partial charge in [0.1, 0.15) is 0 Å². The molecule has 0 fully saturated rings. The van der Waals surface area contributed by atoms with Gasteiger partial charge in [-0.05, 0) is 42.0 Å². The quantitative estimate of drug-likeness (QED) is 0.885. The average Bonchev–Trinajstić information content (AvgIpc) is 2.81. The Morgan fingerprint density at radius 2 is 1.82 bits per heavy atom. The van der Waals surface area contributed by atoms with Crippen LogP contribution in [0.1, 0.15) is 5.56 Å². The van der Waals surface area contributed by atoms with E-state index in [1.807, 2.05) is 0 Å². The highest BCUT2D eigenvalue weighted by molar-refractivity contribution is 7.92. The Balaban J connectivity index is 1.92. The SMILES string of the molecule is O=C1Cc2cc(S(=O)(=O)Nc3ccc(Cl)c(Cl)c3)ccc2N1. The van der Waals surface area contributed by atoms with Crippen LogP contribution in [0.5, 0.6) is 0 Å². The van der Waals surface area contributed by atoms with Crippen molar-refractivity contribution in [1.82, 2.24) is 0 Å². The molecule has 22 heavy (non-hydrogen) atoms. The summed E-state index contributed by atoms with van der Waals surface area (Å²) in [5.41, 5.74) is 1.60. The second kappa shape index (κ2) is 5.46. The summed E-state index contributed by atoms with van der Waals surface area (Å²) in [5, 5.41) is 3.25. The van der Waals surface area contributed by atoms with Crippen molar-refractivity contribution in [3.63, 3.8) is 0 Å². The van der Waals surface area contributed by atoms with Gasteiger partial charge in [-0.3, -0.25) is 9.52 Å². The Hall–Kier alpha value is -1.76. The molecule has 0 saturated carbocycles. The van der Waals surface area contributed by atoms with Crippen molar-refractivity contribution in [2.45, 2.75) is 11.3 Å². The number of carbonyl (C=O) groups excluding carboxylic acids is 1. The van der Waals surface area contributed by atoms with Crippen LogP contribution in [-0.4, -0.2) is 14.3 Å². The van der Waals surface area contributed by atoms with Crippen molar-refractivity contribution < 1.29 is 13.2 Å². The van der Waals surface area contributed by atoms with Gasteiger partial charge in [0.25, 0.3) is 10.0 Å². The Morgan fingerprint density at radius 1 is 1.05 bits per heavy atom. The van der Waals surface area contributed by atoms with Crippen molar-refractivity contribution in [1.29, 1.82) is 0 Å². The maximum Gasteiger partial charge on any atom is 0.261 e. The van der Waals surface area contributed by atoms with Crippen LogP contribution in [-0.2, 0) is 21.2 Å². The monoisotopic (exact) mass is 356 g/mol. The molecule has 1 aliphatic heterocycles. The summed E-state index contributed by atoms with van der Waals surface area (Å²) in [6.45, 7) is 0. The first-order chi connectivity index (χ1) is 10.3. The lowest BCUT2D eigenvalue weighted by molar-refractivity contribution is -0.115. The number of hydrogen-bond donors (Lipinski definition) is 2. The first kappa shape index (κ1) is 15.1. The zero-order valence-corrected chi connectivity index (χ0v) is 13.4. The second-order valence-corrected chi connectivity index (χ2v) is 7.28. The third-order valence-electron chi connectivity index (χ3n) is 3.18. The molecule has 1 aliphatic rings. The molecule has 0 spiro atoms. The summed E-state index contributed by atoms with van der Waals surface area (Å²) >= 11 is 11.7. The summed E-state index contributed by atoms with van der Waals surface area (Å²) in [7, 11) is -3.77. The minimum absolute atomic E-state index is 0.0776. The van der Waals surface area contributed by atoms with E-state index < -0.39 is 10.0 Å². The third kappa shape index (κ3) is 2.90. The number of sulfonamides is 1. The van der Waals surface area contributed by atoms with Crippen molar-refractivity contribution >= 4 is 50.5 Å². The largest absolute Gasteiger partial charge is 0.326 e. The number of hydrogen-bond acceptors (Lipinski definition) is 3. The van der Waals surface area contributed by atoms with E-state index in [9.17, 15) is 13.2 Å². The summed E-state index contributed by atoms with van der Waals surface area (Å²) in [6.07, 6.45) is 0.172. The molecule has 114 valence electrons. The molecule has 5 nitrogen and oxygen atoms in total. The highest BCUT2D eigenvalue weighted by atomic mass is 35.5. The number of fused-ring (bicyclic) bond motifs is 1. The van der Waals surface area contributed by atoms with Crippen LogP contribution in [0.15, 0.2) is 41.3 Å². The Bertz CT molecular complexity index is 882. The predicted molar refractivity (Wildman–Crippen MR) is 86.0 cm³/mol. The van der Waals surface area contributed by atoms with E-state index in [-0.39, 0.29) is 22.2 Å². The number of amides is 1. The summed E-state index contributed by atoms with van der Waals surface area (Å²) in [5.74, 6) is -0.151. The summed E-state index contributed by atoms with van der Waals surface area (Å²) in [6, 6.07) is 8.94. The molecule has 0 saturated heterocycles. The highest BCUT2D eigenvalue weighted by Gasteiger charge is 2.22. The van der Waals surface area contributed by atoms with Gasteiger partial charge in [-0.1, -0.05) is 23.2 Å². The van der Waals surface area contributed by atoms with Crippen LogP contribution < -0.4 is 10.0 Å². The third-order valence-corrected chi connectivity index (χ3v) is 5.30. The molecule has 0 bridgehead atoms. The van der Waals surface area contributed by atoms with E-state index in [0.717, 1.165) is 0 Å². The van der Waals surface area contributed by atoms with Gasteiger partial charge in [0.05, 0.1) is 27.0 Å². The Kier molecular flexibility index (Phi) is 3.76. The maximum absolute atomic E-state index is 12.4. The first-order valence-corrected chi connectivity index (χ1v) is 8.50. The predicted octanol–water partition coefficient (Wildman–Crippen LogP) is 3.29. The van der Waals surface area contributed by atoms with Crippen LogP contribution in [0.3, 0.4) is 0 Å². The van der Waals surface area contributed by atoms with Crippen molar-refractivity contribution in [3.05, 3.63) is 52.0 Å². The smallest absolute Gasteiger partial charge is 0.261 e. The molecular formula is C14H10Cl2N2O3S. The lowest BCUT2D eigenvalue weighted by Crippen LogP contribution is -2.13. The van der Waals surface area contributed by atoms with Gasteiger partial charge in [0.2, 0.25) is 5.91 Å². The molecule has 0 aliphatic carbocycles. The van der Waals surface area contributed by atoms with Gasteiger partial charge in [0.15, 0.2) is 0 Å². The van der Waals surface area contributed by atoms with Crippen LogP contribution in [0.4, 0.5) is 11.4 Å². The van der Waals surface area contributed by atoms with Gasteiger partial charge >= 0.3 is 0 Å². The molecule has 3 rings (SSSR count). The van der Waals surface area contributed by atoms with E-state index in [0.29, 0.717) is 22.0 Å². The minimum atomic E-state index is -3.77. The van der Waals surface area contributed by atoms with Crippen LogP contribution in [0.2, 0.25) is 10.0 Å². The molecule has 1 heterocycles. The van der Waals surface area contributed by atoms with Gasteiger partial charge in [-0.15, -0.1) is 0 Å². The molecule has 0 radical (unpaired) electrons. The number of halogens is 2. The molecule has 8 heteroatoms. The molecule has 2 aromatic rings. The molecular weight excluding hydrogens is 347 g/mol. The number of benzene rings is 2. The topological polar surface area (TPSA) is 75.3 Å². The van der Waals surface area contributed by atoms with Crippen molar-refractivity contribution in [3.8, 4) is 0 Å². The lowest BCUT2D eigenvalue weighted by atomic mass is 10.2. The summed E-state index contributed by atoms with van der Waals surface area (Å²) in [4.78, 5) is 11.4. The fourth-order valence-electron chi connectivity index (χ4n) is 2.15. The molecule has 0 aromatic heterocycles. The number of anilines is 2. The standard InChI is InChI=1S/C14H10Cl2N2O3S/c15-11-3-1-9(7-12(11)16)18-22(20,21)10-2-4-13-8(5-10)6-14(19)17-13/h1-5,7,18H,6H2,(H,17,19). The molecule has 0 unspecified atom stereocenters. The van der Waals surface area contributed by atoms with Gasteiger partial charge < -0.3 is 5.32 Å². The maximum atomic E-state index is 12.4. The van der Waals surface area contributed by atoms with Crippen molar-refractivity contribution in [2.75, 3.05) is 10.0 Å². The molecule has 2 N–H and O–H groups in total. The highest BCUT2D eigenvalue weighted by Crippen LogP contribution is 2.29. The van der Waals surface area contributed by atoms with Crippen LogP contribution in [0.25, 0.3) is 0 Å². The number of nitrogens with one attached hydrogen (secondary N) is 2. The average molecular weight is 357 g/mol. The van der Waals surface area contributed by atoms with Gasteiger partial charge in [-0.2, -0.15) is 0 Å². The van der Waals surface area contributed by atoms with E-state index in [1.165, 1.54) is 30.3 Å². The van der Waals surface area contributed by atoms with Crippen LogP contribution in [0, 0.1) is 0 Å². The van der Waals surface area contributed by atoms with E-state index >= 15 is 0 Å². The van der Waals surface area contributed by atoms with E-state index in [4.69, 9.17) is 23.2 Å². The van der Waals surface area contributed by atoms with Gasteiger partial charge in [-0.25, -0.2) is 8.42 Å². The fourth-order valence-corrected chi connectivity index (χ4v) is 3.54. The number of rotatable bonds is 3. The molecule has 2 aromatic carbocycles. The minimum Gasteiger partial charge on any atom is -0.326 e. The van der Waals surface area contributed by atoms with Gasteiger partial charge in [0, 0.05) is 5.69 Å². The zero-order chi connectivity index (χ0) is 15.9. The second-order valence-electron chi connectivity index (χ2n) is 4.78. The Labute approximate surface area is 137 Å². The number of carbonyl (C=O) groups is 1. The summed E-state index contributed by atoms with van der Waals surface area (Å²) < 4.78 is 27.2. The van der Waals surface area contributed by atoms with E-state index in [1.54, 1.807) is 6.07 Å². The normalized spacial score (nSPS) is 13.6. The Morgan fingerprint density at radius 3 is 2.55 bits per heavy atom. The zero-order valence-electron chi connectivity index (χ0n) is 11.1. The van der Waals surface area contributed by atoms with E-state index in [2.05, 4.69) is 10.0 Å². The van der Waals surface area contributed by atoms with Crippen LogP contribution >= 0.6 is 23.2 Å². The molecule has 0 atom stereocenters. The molecule has 1 amide bonds. The lowest BCUT2D eigenvalue weighted by Gasteiger charge is -2.10. The van der Waals surface area contributed by atoms with Crippen molar-refractivity contribution in [2.24, 2.45) is 0 Å². The fraction of sp³-hybridized carbons (Fsp3) is 0.0714. The first-order valence-electron chi connectivity index (χ1n) is 6.26.